The van der Waals surface area contributed by atoms with Gasteiger partial charge in [0.2, 0.25) is 0 Å². The van der Waals surface area contributed by atoms with Gasteiger partial charge in [0, 0.05) is 15.6 Å². The molecule has 0 fully saturated rings. The Hall–Kier alpha value is -0.320. The summed E-state index contributed by atoms with van der Waals surface area (Å²) in [5, 5.41) is 1.00. The van der Waals surface area contributed by atoms with Gasteiger partial charge in [-0.15, -0.1) is 0 Å². The zero-order valence-electron chi connectivity index (χ0n) is 8.58. The quantitative estimate of drug-likeness (QED) is 0.743. The molecule has 0 radical (unpaired) electrons. The summed E-state index contributed by atoms with van der Waals surface area (Å²) in [4.78, 5) is 5.54. The van der Waals surface area contributed by atoms with Crippen molar-refractivity contribution in [3.8, 4) is 0 Å². The third kappa shape index (κ3) is 2.87. The Morgan fingerprint density at radius 2 is 1.75 bits per heavy atom. The van der Waals surface area contributed by atoms with Crippen LogP contribution in [0.15, 0.2) is 55.4 Å². The number of aryl methyl sites for hydroxylation is 1. The van der Waals surface area contributed by atoms with Crippen LogP contribution in [0.25, 0.3) is 0 Å². The van der Waals surface area contributed by atoms with E-state index < -0.39 is 0 Å². The Bertz CT molecular complexity index is 497. The molecule has 0 aliphatic rings. The molecule has 0 bridgehead atoms. The van der Waals surface area contributed by atoms with Gasteiger partial charge in [0.15, 0.2) is 0 Å². The van der Waals surface area contributed by atoms with Crippen LogP contribution in [0.4, 0.5) is 0 Å². The first-order valence-corrected chi connectivity index (χ1v) is 7.11. The summed E-state index contributed by atoms with van der Waals surface area (Å²) in [5.74, 6) is 0. The van der Waals surface area contributed by atoms with Gasteiger partial charge >= 0.3 is 0 Å². The Labute approximate surface area is 116 Å². The van der Waals surface area contributed by atoms with E-state index >= 15 is 0 Å². The van der Waals surface area contributed by atoms with Gasteiger partial charge in [-0.05, 0) is 58.7 Å². The van der Waals surface area contributed by atoms with Crippen molar-refractivity contribution in [3.05, 3.63) is 51.0 Å². The fraction of sp³-hybridized carbons (Fsp3) is 0.0833. The Balaban J connectivity index is 2.27. The molecular weight excluding hydrogens is 350 g/mol. The first kappa shape index (κ1) is 12.1. The zero-order valence-corrected chi connectivity index (χ0v) is 12.6. The minimum atomic E-state index is 1.00. The molecule has 16 heavy (non-hydrogen) atoms. The highest BCUT2D eigenvalue weighted by Gasteiger charge is 2.05. The molecule has 0 spiro atoms. The molecule has 0 N–H and O–H groups in total. The number of pyridine rings is 1. The molecule has 1 heterocycles. The van der Waals surface area contributed by atoms with E-state index in [0.717, 1.165) is 14.0 Å². The van der Waals surface area contributed by atoms with Crippen molar-refractivity contribution in [2.24, 2.45) is 0 Å². The monoisotopic (exact) mass is 357 g/mol. The van der Waals surface area contributed by atoms with E-state index in [1.165, 1.54) is 10.5 Å². The number of benzene rings is 1. The van der Waals surface area contributed by atoms with Crippen LogP contribution >= 0.6 is 43.6 Å². The van der Waals surface area contributed by atoms with Gasteiger partial charge in [0.1, 0.15) is 5.03 Å². The summed E-state index contributed by atoms with van der Waals surface area (Å²) in [6, 6.07) is 10.2. The lowest BCUT2D eigenvalue weighted by Crippen LogP contribution is -1.84. The van der Waals surface area contributed by atoms with Crippen molar-refractivity contribution < 1.29 is 0 Å². The van der Waals surface area contributed by atoms with Crippen LogP contribution in [0.5, 0.6) is 0 Å². The highest BCUT2D eigenvalue weighted by atomic mass is 79.9. The molecule has 0 unspecified atom stereocenters. The summed E-state index contributed by atoms with van der Waals surface area (Å²) in [6.45, 7) is 2.07. The summed E-state index contributed by atoms with van der Waals surface area (Å²) in [5.41, 5.74) is 1.20. The second kappa shape index (κ2) is 5.34. The van der Waals surface area contributed by atoms with Gasteiger partial charge in [0.05, 0.1) is 4.47 Å². The van der Waals surface area contributed by atoms with Crippen LogP contribution in [0.2, 0.25) is 0 Å². The fourth-order valence-electron chi connectivity index (χ4n) is 1.20. The van der Waals surface area contributed by atoms with Crippen molar-refractivity contribution in [2.75, 3.05) is 0 Å². The molecule has 0 atom stereocenters. The van der Waals surface area contributed by atoms with Gasteiger partial charge in [-0.3, -0.25) is 0 Å². The van der Waals surface area contributed by atoms with E-state index in [2.05, 4.69) is 55.9 Å². The first-order valence-electron chi connectivity index (χ1n) is 4.71. The Morgan fingerprint density at radius 1 is 1.06 bits per heavy atom. The number of hydrogen-bond donors (Lipinski definition) is 0. The third-order valence-corrected chi connectivity index (χ3v) is 4.88. The molecule has 1 aromatic carbocycles. The lowest BCUT2D eigenvalue weighted by Gasteiger charge is -2.05. The lowest BCUT2D eigenvalue weighted by molar-refractivity contribution is 1.08. The van der Waals surface area contributed by atoms with Crippen molar-refractivity contribution in [1.82, 2.24) is 4.98 Å². The average Bonchev–Trinajstić information content (AvgIpc) is 2.28. The molecule has 0 saturated heterocycles. The van der Waals surface area contributed by atoms with Crippen molar-refractivity contribution in [1.29, 1.82) is 0 Å². The highest BCUT2D eigenvalue weighted by molar-refractivity contribution is 9.10. The predicted octanol–water partition coefficient (Wildman–Crippen LogP) is 5.07. The van der Waals surface area contributed by atoms with E-state index in [9.17, 15) is 0 Å². The fourth-order valence-corrected chi connectivity index (χ4v) is 2.80. The van der Waals surface area contributed by atoms with E-state index in [4.69, 9.17) is 0 Å². The maximum Gasteiger partial charge on any atom is 0.115 e. The Kier molecular flexibility index (Phi) is 4.05. The molecule has 0 saturated carbocycles. The maximum atomic E-state index is 4.36. The predicted molar refractivity (Wildman–Crippen MR) is 74.9 cm³/mol. The summed E-state index contributed by atoms with van der Waals surface area (Å²) < 4.78 is 2.16. The van der Waals surface area contributed by atoms with E-state index in [0.29, 0.717) is 0 Å². The third-order valence-electron chi connectivity index (χ3n) is 2.08. The highest BCUT2D eigenvalue weighted by Crippen LogP contribution is 2.33. The van der Waals surface area contributed by atoms with Gasteiger partial charge in [-0.2, -0.15) is 0 Å². The standard InChI is InChI=1S/C12H9Br2NS/c1-8-6-7-15-12(11(8)14)16-10-4-2-9(13)3-5-10/h2-7H,1H3. The second-order valence-electron chi connectivity index (χ2n) is 3.30. The molecule has 0 aliphatic carbocycles. The molecule has 0 amide bonds. The van der Waals surface area contributed by atoms with Crippen LogP contribution in [-0.4, -0.2) is 4.98 Å². The van der Waals surface area contributed by atoms with Gasteiger partial charge < -0.3 is 0 Å². The molecule has 2 rings (SSSR count). The van der Waals surface area contributed by atoms with E-state index in [1.54, 1.807) is 11.8 Å². The van der Waals surface area contributed by atoms with Crippen LogP contribution in [-0.2, 0) is 0 Å². The summed E-state index contributed by atoms with van der Waals surface area (Å²) in [6.07, 6.45) is 1.83. The van der Waals surface area contributed by atoms with E-state index in [-0.39, 0.29) is 0 Å². The maximum absolute atomic E-state index is 4.36. The summed E-state index contributed by atoms with van der Waals surface area (Å²) >= 11 is 8.64. The van der Waals surface area contributed by atoms with Gasteiger partial charge in [0.25, 0.3) is 0 Å². The number of halogens is 2. The Morgan fingerprint density at radius 3 is 2.44 bits per heavy atom. The largest absolute Gasteiger partial charge is 0.248 e. The molecule has 4 heteroatoms. The number of nitrogens with zero attached hydrogens (tertiary/aromatic N) is 1. The van der Waals surface area contributed by atoms with Gasteiger partial charge in [-0.1, -0.05) is 27.7 Å². The van der Waals surface area contributed by atoms with Crippen molar-refractivity contribution in [3.63, 3.8) is 0 Å². The molecule has 2 aromatic rings. The number of rotatable bonds is 2. The molecule has 0 aliphatic heterocycles. The number of hydrogen-bond acceptors (Lipinski definition) is 2. The normalized spacial score (nSPS) is 10.4. The van der Waals surface area contributed by atoms with Crippen molar-refractivity contribution >= 4 is 43.6 Å². The van der Waals surface area contributed by atoms with Crippen LogP contribution in [0, 0.1) is 6.92 Å². The SMILES string of the molecule is Cc1ccnc(Sc2ccc(Br)cc2)c1Br. The van der Waals surface area contributed by atoms with Crippen molar-refractivity contribution in [2.45, 2.75) is 16.8 Å². The molecule has 82 valence electrons. The van der Waals surface area contributed by atoms with E-state index in [1.807, 2.05) is 24.4 Å². The number of aromatic nitrogens is 1. The molecule has 1 nitrogen and oxygen atoms in total. The topological polar surface area (TPSA) is 12.9 Å². The van der Waals surface area contributed by atoms with Gasteiger partial charge in [-0.25, -0.2) is 4.98 Å². The minimum absolute atomic E-state index is 1.00. The van der Waals surface area contributed by atoms with Crippen LogP contribution in [0.3, 0.4) is 0 Å². The molecule has 1 aromatic heterocycles. The van der Waals surface area contributed by atoms with Crippen LogP contribution < -0.4 is 0 Å². The van der Waals surface area contributed by atoms with Crippen LogP contribution in [0.1, 0.15) is 5.56 Å². The zero-order chi connectivity index (χ0) is 11.5. The molecular formula is C12H9Br2NS. The minimum Gasteiger partial charge on any atom is -0.248 e. The second-order valence-corrected chi connectivity index (χ2v) is 6.07. The smallest absolute Gasteiger partial charge is 0.115 e. The average molecular weight is 359 g/mol. The lowest BCUT2D eigenvalue weighted by atomic mass is 10.3. The summed E-state index contributed by atoms with van der Waals surface area (Å²) in [7, 11) is 0. The first-order chi connectivity index (χ1) is 7.66.